The fourth-order valence-corrected chi connectivity index (χ4v) is 3.25. The highest BCUT2D eigenvalue weighted by Crippen LogP contribution is 2.48. The molecule has 146 valence electrons. The maximum atomic E-state index is 14.1. The number of nitrogens with zero attached hydrogens (tertiary/aromatic N) is 1. The minimum Gasteiger partial charge on any atom is -0.375 e. The van der Waals surface area contributed by atoms with Gasteiger partial charge in [0.15, 0.2) is 5.96 Å². The second-order valence-corrected chi connectivity index (χ2v) is 6.70. The van der Waals surface area contributed by atoms with Crippen LogP contribution in [0.3, 0.4) is 0 Å². The van der Waals surface area contributed by atoms with Crippen LogP contribution in [0, 0.1) is 5.82 Å². The van der Waals surface area contributed by atoms with Crippen molar-refractivity contribution in [2.75, 3.05) is 27.2 Å². The van der Waals surface area contributed by atoms with Crippen molar-refractivity contribution in [1.29, 1.82) is 0 Å². The summed E-state index contributed by atoms with van der Waals surface area (Å²) in [5.74, 6) is 0.573. The van der Waals surface area contributed by atoms with Crippen LogP contribution in [0.4, 0.5) is 4.39 Å². The van der Waals surface area contributed by atoms with E-state index in [-0.39, 0.29) is 41.3 Å². The number of hydrogen-bond acceptors (Lipinski definition) is 2. The molecule has 27 heavy (non-hydrogen) atoms. The van der Waals surface area contributed by atoms with Crippen LogP contribution in [0.2, 0.25) is 0 Å². The first-order chi connectivity index (χ1) is 12.7. The monoisotopic (exact) mass is 483 g/mol. The van der Waals surface area contributed by atoms with Crippen molar-refractivity contribution in [3.63, 3.8) is 0 Å². The Morgan fingerprint density at radius 1 is 1.11 bits per heavy atom. The molecule has 0 amide bonds. The molecule has 0 bridgehead atoms. The van der Waals surface area contributed by atoms with E-state index in [0.29, 0.717) is 19.0 Å². The Bertz CT molecular complexity index is 750. The van der Waals surface area contributed by atoms with Crippen molar-refractivity contribution in [3.8, 4) is 0 Å². The molecule has 2 aromatic rings. The van der Waals surface area contributed by atoms with E-state index in [0.717, 1.165) is 24.0 Å². The zero-order valence-corrected chi connectivity index (χ0v) is 18.1. The smallest absolute Gasteiger partial charge is 0.191 e. The van der Waals surface area contributed by atoms with Gasteiger partial charge in [-0.1, -0.05) is 48.5 Å². The van der Waals surface area contributed by atoms with Gasteiger partial charge in [-0.2, -0.15) is 0 Å². The Morgan fingerprint density at radius 2 is 1.78 bits per heavy atom. The maximum absolute atomic E-state index is 14.1. The van der Waals surface area contributed by atoms with Crippen LogP contribution in [0.5, 0.6) is 0 Å². The molecule has 1 aliphatic carbocycles. The van der Waals surface area contributed by atoms with Crippen LogP contribution in [-0.2, 0) is 10.2 Å². The van der Waals surface area contributed by atoms with Gasteiger partial charge in [0.2, 0.25) is 0 Å². The topological polar surface area (TPSA) is 45.7 Å². The summed E-state index contributed by atoms with van der Waals surface area (Å²) in [5, 5.41) is 6.65. The van der Waals surface area contributed by atoms with Crippen molar-refractivity contribution in [2.24, 2.45) is 4.99 Å². The van der Waals surface area contributed by atoms with Gasteiger partial charge in [-0.05, 0) is 30.0 Å². The van der Waals surface area contributed by atoms with Crippen molar-refractivity contribution in [3.05, 3.63) is 71.5 Å². The molecular formula is C21H27FIN3O. The Balaban J connectivity index is 0.00000261. The molecule has 0 aromatic heterocycles. The summed E-state index contributed by atoms with van der Waals surface area (Å²) in [4.78, 5) is 4.28. The van der Waals surface area contributed by atoms with Crippen LogP contribution in [0.1, 0.15) is 30.1 Å². The molecule has 0 saturated heterocycles. The number of hydrogen-bond donors (Lipinski definition) is 2. The van der Waals surface area contributed by atoms with Gasteiger partial charge in [0.25, 0.3) is 0 Å². The molecule has 1 atom stereocenters. The quantitative estimate of drug-likeness (QED) is 0.355. The van der Waals surface area contributed by atoms with E-state index >= 15 is 0 Å². The number of nitrogens with one attached hydrogen (secondary N) is 2. The number of rotatable bonds is 7. The van der Waals surface area contributed by atoms with Crippen LogP contribution in [0.15, 0.2) is 59.6 Å². The summed E-state index contributed by atoms with van der Waals surface area (Å²) in [5.41, 5.74) is 1.79. The third kappa shape index (κ3) is 5.42. The first-order valence-corrected chi connectivity index (χ1v) is 8.96. The molecule has 1 fully saturated rings. The molecule has 1 unspecified atom stereocenters. The predicted molar refractivity (Wildman–Crippen MR) is 118 cm³/mol. The maximum Gasteiger partial charge on any atom is 0.191 e. The predicted octanol–water partition coefficient (Wildman–Crippen LogP) is 4.03. The number of benzene rings is 2. The molecule has 4 nitrogen and oxygen atoms in total. The molecule has 2 N–H and O–H groups in total. The summed E-state index contributed by atoms with van der Waals surface area (Å²) in [6.07, 6.45) is 1.92. The third-order valence-electron chi connectivity index (χ3n) is 5.03. The summed E-state index contributed by atoms with van der Waals surface area (Å²) in [7, 11) is 3.44. The molecule has 1 saturated carbocycles. The van der Waals surface area contributed by atoms with E-state index in [2.05, 4.69) is 15.6 Å². The van der Waals surface area contributed by atoms with Crippen molar-refractivity contribution < 1.29 is 9.13 Å². The Labute approximate surface area is 177 Å². The number of aliphatic imine (C=N–C) groups is 1. The zero-order chi connectivity index (χ0) is 18.4. The van der Waals surface area contributed by atoms with Crippen LogP contribution in [0.25, 0.3) is 0 Å². The highest BCUT2D eigenvalue weighted by atomic mass is 127. The van der Waals surface area contributed by atoms with Gasteiger partial charge in [-0.15, -0.1) is 24.0 Å². The van der Waals surface area contributed by atoms with Crippen LogP contribution >= 0.6 is 24.0 Å². The van der Waals surface area contributed by atoms with E-state index in [1.807, 2.05) is 42.5 Å². The van der Waals surface area contributed by atoms with Gasteiger partial charge in [0.1, 0.15) is 5.82 Å². The van der Waals surface area contributed by atoms with Gasteiger partial charge in [-0.3, -0.25) is 4.99 Å². The van der Waals surface area contributed by atoms with Crippen LogP contribution < -0.4 is 10.6 Å². The van der Waals surface area contributed by atoms with Gasteiger partial charge in [0, 0.05) is 32.7 Å². The number of ether oxygens (including phenoxy) is 1. The van der Waals surface area contributed by atoms with E-state index in [4.69, 9.17) is 4.74 Å². The normalized spacial score (nSPS) is 16.2. The Hall–Kier alpha value is -1.67. The molecule has 3 rings (SSSR count). The zero-order valence-electron chi connectivity index (χ0n) is 15.7. The molecule has 0 aliphatic heterocycles. The largest absolute Gasteiger partial charge is 0.375 e. The molecule has 0 heterocycles. The van der Waals surface area contributed by atoms with Gasteiger partial charge >= 0.3 is 0 Å². The minimum atomic E-state index is -0.127. The average molecular weight is 483 g/mol. The molecule has 1 aliphatic rings. The molecule has 6 heteroatoms. The number of methoxy groups -OCH3 is 1. The average Bonchev–Trinajstić information content (AvgIpc) is 3.47. The summed E-state index contributed by atoms with van der Waals surface area (Å²) in [6.45, 7) is 1.27. The fourth-order valence-electron chi connectivity index (χ4n) is 3.25. The van der Waals surface area contributed by atoms with Crippen molar-refractivity contribution >= 4 is 29.9 Å². The van der Waals surface area contributed by atoms with Gasteiger partial charge < -0.3 is 15.4 Å². The third-order valence-corrected chi connectivity index (χ3v) is 5.03. The highest BCUT2D eigenvalue weighted by Gasteiger charge is 2.45. The second-order valence-electron chi connectivity index (χ2n) is 6.70. The second kappa shape index (κ2) is 10.0. The lowest BCUT2D eigenvalue weighted by Gasteiger charge is -2.21. The lowest BCUT2D eigenvalue weighted by atomic mass is 9.95. The van der Waals surface area contributed by atoms with E-state index in [1.165, 1.54) is 6.07 Å². The lowest BCUT2D eigenvalue weighted by molar-refractivity contribution is 0.106. The summed E-state index contributed by atoms with van der Waals surface area (Å²) < 4.78 is 19.7. The fraction of sp³-hybridized carbons (Fsp3) is 0.381. The molecule has 2 aromatic carbocycles. The molecular weight excluding hydrogens is 456 g/mol. The summed E-state index contributed by atoms with van der Waals surface area (Å²) >= 11 is 0. The first kappa shape index (κ1) is 21.6. The minimum absolute atomic E-state index is 0. The number of guanidine groups is 1. The summed E-state index contributed by atoms with van der Waals surface area (Å²) in [6, 6.07) is 17.1. The van der Waals surface area contributed by atoms with Gasteiger partial charge in [-0.25, -0.2) is 4.39 Å². The van der Waals surface area contributed by atoms with E-state index in [9.17, 15) is 4.39 Å². The standard InChI is InChI=1S/C21H26FN3O.HI/c1-23-20(24-14-19(26-2)16-8-4-3-5-9-16)25-15-21(12-13-21)17-10-6-7-11-18(17)22;/h3-11,19H,12-15H2,1-2H3,(H2,23,24,25);1H. The SMILES string of the molecule is CN=C(NCC(OC)c1ccccc1)NCC1(c2ccccc2F)CC1.I. The van der Waals surface area contributed by atoms with Crippen molar-refractivity contribution in [1.82, 2.24) is 10.6 Å². The number of halogens is 2. The Kier molecular flexibility index (Phi) is 8.04. The van der Waals surface area contributed by atoms with E-state index in [1.54, 1.807) is 20.2 Å². The van der Waals surface area contributed by atoms with Crippen molar-refractivity contribution in [2.45, 2.75) is 24.4 Å². The first-order valence-electron chi connectivity index (χ1n) is 8.96. The van der Waals surface area contributed by atoms with Crippen LogP contribution in [-0.4, -0.2) is 33.2 Å². The molecule has 0 radical (unpaired) electrons. The lowest BCUT2D eigenvalue weighted by Crippen LogP contribution is -2.43. The Morgan fingerprint density at radius 3 is 2.37 bits per heavy atom. The highest BCUT2D eigenvalue weighted by molar-refractivity contribution is 14.0. The van der Waals surface area contributed by atoms with E-state index < -0.39 is 0 Å². The van der Waals surface area contributed by atoms with Gasteiger partial charge in [0.05, 0.1) is 6.10 Å². The molecule has 0 spiro atoms.